The van der Waals surface area contributed by atoms with Crippen LogP contribution in [-0.2, 0) is 0 Å². The molecule has 0 radical (unpaired) electrons. The molecule has 0 aliphatic rings. The molecule has 0 amide bonds. The van der Waals surface area contributed by atoms with Crippen molar-refractivity contribution < 1.29 is 4.74 Å². The molecule has 1 atom stereocenters. The van der Waals surface area contributed by atoms with Crippen LogP contribution in [0.25, 0.3) is 0 Å². The molecule has 2 N–H and O–H groups in total. The van der Waals surface area contributed by atoms with Crippen LogP contribution >= 0.6 is 9.24 Å². The van der Waals surface area contributed by atoms with E-state index in [0.717, 1.165) is 11.1 Å². The highest BCUT2D eigenvalue weighted by atomic mass is 31.0. The van der Waals surface area contributed by atoms with Crippen LogP contribution in [0, 0.1) is 0 Å². The summed E-state index contributed by atoms with van der Waals surface area (Å²) in [6.45, 7) is 1.14. The smallest absolute Gasteiger partial charge is 0.119 e. The van der Waals surface area contributed by atoms with Crippen molar-refractivity contribution in [3.05, 3.63) is 24.3 Å². The molecule has 0 aromatic heterocycles. The zero-order chi connectivity index (χ0) is 8.10. The van der Waals surface area contributed by atoms with Crippen LogP contribution in [0.3, 0.4) is 0 Å². The predicted octanol–water partition coefficient (Wildman–Crippen LogP) is 0.524. The van der Waals surface area contributed by atoms with Crippen molar-refractivity contribution in [3.63, 3.8) is 0 Å². The quantitative estimate of drug-likeness (QED) is 0.670. The fraction of sp³-hybridized carbons (Fsp3) is 0.250. The van der Waals surface area contributed by atoms with Gasteiger partial charge in [-0.1, -0.05) is 12.1 Å². The van der Waals surface area contributed by atoms with Crippen molar-refractivity contribution in [1.82, 2.24) is 0 Å². The molecule has 0 heterocycles. The maximum absolute atomic E-state index is 5.28. The molecule has 0 aliphatic heterocycles. The second kappa shape index (κ2) is 4.32. The third kappa shape index (κ3) is 2.87. The van der Waals surface area contributed by atoms with Gasteiger partial charge in [-0.25, -0.2) is 0 Å². The number of hydrogen-bond donors (Lipinski definition) is 1. The van der Waals surface area contributed by atoms with Gasteiger partial charge in [-0.05, 0) is 17.4 Å². The summed E-state index contributed by atoms with van der Waals surface area (Å²) in [5, 5.41) is 1.16. The van der Waals surface area contributed by atoms with Crippen LogP contribution in [-0.4, -0.2) is 13.2 Å². The normalized spacial score (nSPS) is 9.64. The minimum atomic E-state index is 0.558. The Morgan fingerprint density at radius 1 is 1.27 bits per heavy atom. The van der Waals surface area contributed by atoms with E-state index in [4.69, 9.17) is 10.5 Å². The molecule has 2 nitrogen and oxygen atoms in total. The number of nitrogens with two attached hydrogens (primary N) is 1. The Morgan fingerprint density at radius 3 is 2.45 bits per heavy atom. The first-order valence-electron chi connectivity index (χ1n) is 3.51. The molecule has 1 unspecified atom stereocenters. The number of ether oxygens (including phenoxy) is 1. The van der Waals surface area contributed by atoms with E-state index in [0.29, 0.717) is 13.2 Å². The Kier molecular flexibility index (Phi) is 3.34. The number of rotatable bonds is 3. The van der Waals surface area contributed by atoms with Crippen molar-refractivity contribution >= 4 is 14.5 Å². The van der Waals surface area contributed by atoms with Crippen LogP contribution in [0.2, 0.25) is 0 Å². The van der Waals surface area contributed by atoms with Gasteiger partial charge in [-0.3, -0.25) is 0 Å². The molecule has 3 heteroatoms. The van der Waals surface area contributed by atoms with E-state index in [1.807, 2.05) is 24.3 Å². The Labute approximate surface area is 68.9 Å². The molecular weight excluding hydrogens is 157 g/mol. The summed E-state index contributed by atoms with van der Waals surface area (Å²) in [4.78, 5) is 0. The highest BCUT2D eigenvalue weighted by molar-refractivity contribution is 7.27. The molecule has 0 saturated carbocycles. The van der Waals surface area contributed by atoms with Crippen LogP contribution in [0.4, 0.5) is 0 Å². The zero-order valence-corrected chi connectivity index (χ0v) is 7.44. The van der Waals surface area contributed by atoms with E-state index in [-0.39, 0.29) is 0 Å². The monoisotopic (exact) mass is 169 g/mol. The van der Waals surface area contributed by atoms with E-state index in [9.17, 15) is 0 Å². The van der Waals surface area contributed by atoms with Gasteiger partial charge in [0.2, 0.25) is 0 Å². The minimum absolute atomic E-state index is 0.558. The fourth-order valence-electron chi connectivity index (χ4n) is 0.741. The van der Waals surface area contributed by atoms with Gasteiger partial charge in [0.05, 0.1) is 0 Å². The molecule has 0 aliphatic carbocycles. The first kappa shape index (κ1) is 8.51. The van der Waals surface area contributed by atoms with Gasteiger partial charge in [-0.2, -0.15) is 0 Å². The lowest BCUT2D eigenvalue weighted by Crippen LogP contribution is -2.10. The van der Waals surface area contributed by atoms with Crippen molar-refractivity contribution in [3.8, 4) is 5.75 Å². The Balaban J connectivity index is 2.52. The molecule has 11 heavy (non-hydrogen) atoms. The van der Waals surface area contributed by atoms with Gasteiger partial charge in [-0.15, -0.1) is 9.24 Å². The average Bonchev–Trinajstić information content (AvgIpc) is 2.04. The lowest BCUT2D eigenvalue weighted by molar-refractivity contribution is 0.328. The van der Waals surface area contributed by atoms with Crippen LogP contribution < -0.4 is 15.8 Å². The highest BCUT2D eigenvalue weighted by Crippen LogP contribution is 2.07. The molecule has 0 saturated heterocycles. The van der Waals surface area contributed by atoms with Crippen LogP contribution in [0.1, 0.15) is 0 Å². The SMILES string of the molecule is NCCOc1ccc(P)cc1. The highest BCUT2D eigenvalue weighted by Gasteiger charge is 1.89. The van der Waals surface area contributed by atoms with Crippen LogP contribution in [0.15, 0.2) is 24.3 Å². The lowest BCUT2D eigenvalue weighted by atomic mass is 10.3. The average molecular weight is 169 g/mol. The molecular formula is C8H12NOP. The zero-order valence-electron chi connectivity index (χ0n) is 6.29. The maximum atomic E-state index is 5.28. The minimum Gasteiger partial charge on any atom is -0.492 e. The van der Waals surface area contributed by atoms with E-state index in [1.54, 1.807) is 0 Å². The van der Waals surface area contributed by atoms with Gasteiger partial charge >= 0.3 is 0 Å². The first-order chi connectivity index (χ1) is 5.33. The summed E-state index contributed by atoms with van der Waals surface area (Å²) < 4.78 is 5.28. The number of benzene rings is 1. The Bertz CT molecular complexity index is 210. The maximum Gasteiger partial charge on any atom is 0.119 e. The standard InChI is InChI=1S/C8H12NOP/c9-5-6-10-7-1-3-8(11)4-2-7/h1-4H,5-6,9,11H2. The van der Waals surface area contributed by atoms with Gasteiger partial charge < -0.3 is 10.5 Å². The Morgan fingerprint density at radius 2 is 1.91 bits per heavy atom. The second-order valence-electron chi connectivity index (χ2n) is 2.21. The molecule has 1 aromatic carbocycles. The van der Waals surface area contributed by atoms with Gasteiger partial charge in [0.1, 0.15) is 12.4 Å². The first-order valence-corrected chi connectivity index (χ1v) is 4.09. The van der Waals surface area contributed by atoms with Crippen molar-refractivity contribution in [2.24, 2.45) is 5.73 Å². The lowest BCUT2D eigenvalue weighted by Gasteiger charge is -2.03. The third-order valence-corrected chi connectivity index (χ3v) is 1.65. The Hall–Kier alpha value is -0.590. The van der Waals surface area contributed by atoms with Gasteiger partial charge in [0.25, 0.3) is 0 Å². The van der Waals surface area contributed by atoms with E-state index in [1.165, 1.54) is 0 Å². The van der Waals surface area contributed by atoms with Crippen molar-refractivity contribution in [2.75, 3.05) is 13.2 Å². The largest absolute Gasteiger partial charge is 0.492 e. The van der Waals surface area contributed by atoms with E-state index in [2.05, 4.69) is 9.24 Å². The van der Waals surface area contributed by atoms with Crippen molar-refractivity contribution in [1.29, 1.82) is 0 Å². The van der Waals surface area contributed by atoms with Gasteiger partial charge in [0.15, 0.2) is 0 Å². The summed E-state index contributed by atoms with van der Waals surface area (Å²) in [6, 6.07) is 7.82. The summed E-state index contributed by atoms with van der Waals surface area (Å²) in [5.74, 6) is 0.877. The molecule has 1 rings (SSSR count). The van der Waals surface area contributed by atoms with E-state index >= 15 is 0 Å². The third-order valence-electron chi connectivity index (χ3n) is 1.27. The summed E-state index contributed by atoms with van der Waals surface area (Å²) >= 11 is 0. The topological polar surface area (TPSA) is 35.2 Å². The van der Waals surface area contributed by atoms with E-state index < -0.39 is 0 Å². The predicted molar refractivity (Wildman–Crippen MR) is 50.3 cm³/mol. The second-order valence-corrected chi connectivity index (χ2v) is 2.87. The van der Waals surface area contributed by atoms with Crippen LogP contribution in [0.5, 0.6) is 5.75 Å². The molecule has 0 spiro atoms. The summed E-state index contributed by atoms with van der Waals surface area (Å²) in [5.41, 5.74) is 5.28. The summed E-state index contributed by atoms with van der Waals surface area (Å²) in [6.07, 6.45) is 0. The van der Waals surface area contributed by atoms with Gasteiger partial charge in [0, 0.05) is 6.54 Å². The fourth-order valence-corrected chi connectivity index (χ4v) is 0.933. The van der Waals surface area contributed by atoms with Crippen molar-refractivity contribution in [2.45, 2.75) is 0 Å². The summed E-state index contributed by atoms with van der Waals surface area (Å²) in [7, 11) is 2.62. The molecule has 1 aromatic rings. The molecule has 0 fully saturated rings. The molecule has 60 valence electrons. The number of hydrogen-bond acceptors (Lipinski definition) is 2. The molecule has 0 bridgehead atoms.